The normalized spacial score (nSPS) is 25.5. The van der Waals surface area contributed by atoms with E-state index in [0.717, 1.165) is 57.0 Å². The van der Waals surface area contributed by atoms with Crippen molar-refractivity contribution in [3.05, 3.63) is 29.3 Å². The number of ether oxygens (including phenoxy) is 2. The third-order valence-corrected chi connectivity index (χ3v) is 4.59. The topological polar surface area (TPSA) is 64.8 Å². The molecule has 1 aliphatic heterocycles. The van der Waals surface area contributed by atoms with Gasteiger partial charge in [-0.3, -0.25) is 9.69 Å². The van der Waals surface area contributed by atoms with Gasteiger partial charge in [-0.2, -0.15) is 0 Å². The summed E-state index contributed by atoms with van der Waals surface area (Å²) in [5, 5.41) is 0. The summed E-state index contributed by atoms with van der Waals surface area (Å²) in [7, 11) is 0. The number of morpholine rings is 1. The highest BCUT2D eigenvalue weighted by molar-refractivity contribution is 5.94. The fraction of sp³-hybridized carbons (Fsp3) is 0.588. The number of nitrogens with zero attached hydrogens (tertiary/aromatic N) is 1. The zero-order chi connectivity index (χ0) is 15.5. The van der Waals surface area contributed by atoms with E-state index in [2.05, 4.69) is 4.90 Å². The summed E-state index contributed by atoms with van der Waals surface area (Å²) < 4.78 is 11.3. The van der Waals surface area contributed by atoms with Crippen molar-refractivity contribution in [2.45, 2.75) is 25.9 Å². The van der Waals surface area contributed by atoms with Crippen molar-refractivity contribution in [3.63, 3.8) is 0 Å². The number of primary amides is 1. The highest BCUT2D eigenvalue weighted by Crippen LogP contribution is 2.32. The molecule has 0 unspecified atom stereocenters. The van der Waals surface area contributed by atoms with Crippen LogP contribution in [0.4, 0.5) is 0 Å². The van der Waals surface area contributed by atoms with E-state index in [1.54, 1.807) is 6.07 Å². The van der Waals surface area contributed by atoms with Crippen LogP contribution >= 0.6 is 0 Å². The highest BCUT2D eigenvalue weighted by atomic mass is 16.5. The number of carbonyl (C=O) groups is 1. The number of benzene rings is 1. The predicted molar refractivity (Wildman–Crippen MR) is 84.1 cm³/mol. The smallest absolute Gasteiger partial charge is 0.249 e. The number of hydrogen-bond donors (Lipinski definition) is 1. The maximum atomic E-state index is 11.4. The van der Waals surface area contributed by atoms with E-state index in [1.807, 2.05) is 19.1 Å². The number of hydrogen-bond acceptors (Lipinski definition) is 4. The monoisotopic (exact) mass is 304 g/mol. The van der Waals surface area contributed by atoms with Crippen molar-refractivity contribution in [2.24, 2.45) is 11.7 Å². The molecule has 0 atom stereocenters. The van der Waals surface area contributed by atoms with E-state index in [4.69, 9.17) is 15.2 Å². The molecule has 5 nitrogen and oxygen atoms in total. The summed E-state index contributed by atoms with van der Waals surface area (Å²) in [6.45, 7) is 6.82. The Kier molecular flexibility index (Phi) is 4.64. The molecule has 22 heavy (non-hydrogen) atoms. The molecule has 0 spiro atoms. The van der Waals surface area contributed by atoms with Crippen LogP contribution < -0.4 is 10.5 Å². The van der Waals surface area contributed by atoms with Crippen LogP contribution in [0.1, 0.15) is 28.8 Å². The van der Waals surface area contributed by atoms with E-state index in [0.29, 0.717) is 11.5 Å². The van der Waals surface area contributed by atoms with Gasteiger partial charge in [0.25, 0.3) is 0 Å². The summed E-state index contributed by atoms with van der Waals surface area (Å²) >= 11 is 0. The second-order valence-electron chi connectivity index (χ2n) is 6.33. The van der Waals surface area contributed by atoms with E-state index in [-0.39, 0.29) is 6.10 Å². The van der Waals surface area contributed by atoms with Gasteiger partial charge in [0.05, 0.1) is 19.3 Å². The van der Waals surface area contributed by atoms with Crippen molar-refractivity contribution in [3.8, 4) is 5.75 Å². The molecule has 1 aromatic carbocycles. The maximum Gasteiger partial charge on any atom is 0.249 e. The number of aryl methyl sites for hydroxylation is 1. The van der Waals surface area contributed by atoms with Gasteiger partial charge in [-0.15, -0.1) is 0 Å². The van der Waals surface area contributed by atoms with Gasteiger partial charge in [-0.05, 0) is 43.4 Å². The summed E-state index contributed by atoms with van der Waals surface area (Å²) in [4.78, 5) is 13.8. The second kappa shape index (κ2) is 6.67. The van der Waals surface area contributed by atoms with Crippen molar-refractivity contribution in [2.75, 3.05) is 32.8 Å². The first-order valence-corrected chi connectivity index (χ1v) is 7.99. The minimum Gasteiger partial charge on any atom is -0.490 e. The van der Waals surface area contributed by atoms with Crippen molar-refractivity contribution in [1.29, 1.82) is 0 Å². The molecule has 2 aliphatic rings. The van der Waals surface area contributed by atoms with Gasteiger partial charge < -0.3 is 15.2 Å². The minimum atomic E-state index is -0.401. The lowest BCUT2D eigenvalue weighted by molar-refractivity contribution is 0.000114. The van der Waals surface area contributed by atoms with Crippen LogP contribution in [0, 0.1) is 12.8 Å². The molecule has 1 amide bonds. The molecule has 120 valence electrons. The van der Waals surface area contributed by atoms with Crippen LogP contribution in [-0.2, 0) is 4.74 Å². The average Bonchev–Trinajstić information content (AvgIpc) is 2.47. The summed E-state index contributed by atoms with van der Waals surface area (Å²) in [6.07, 6.45) is 2.42. The summed E-state index contributed by atoms with van der Waals surface area (Å²) in [6, 6.07) is 5.56. The Morgan fingerprint density at radius 1 is 1.36 bits per heavy atom. The van der Waals surface area contributed by atoms with Crippen LogP contribution in [0.2, 0.25) is 0 Å². The van der Waals surface area contributed by atoms with Crippen LogP contribution in [0.25, 0.3) is 0 Å². The van der Waals surface area contributed by atoms with Crippen LogP contribution in [-0.4, -0.2) is 49.8 Å². The zero-order valence-electron chi connectivity index (χ0n) is 13.1. The first-order chi connectivity index (χ1) is 10.6. The molecule has 1 aliphatic carbocycles. The van der Waals surface area contributed by atoms with E-state index in [9.17, 15) is 4.79 Å². The van der Waals surface area contributed by atoms with Crippen LogP contribution in [0.5, 0.6) is 5.75 Å². The standard InChI is InChI=1S/C17H24N2O3/c1-12-2-3-14(10-16(12)17(18)20)22-15-8-13(9-15)11-19-4-6-21-7-5-19/h2-3,10,13,15H,4-9,11H2,1H3,(H2,18,20)/t13-,15-. The molecule has 1 heterocycles. The predicted octanol–water partition coefficient (Wildman–Crippen LogP) is 1.58. The number of nitrogens with two attached hydrogens (primary N) is 1. The lowest BCUT2D eigenvalue weighted by Gasteiger charge is -2.39. The van der Waals surface area contributed by atoms with Crippen molar-refractivity contribution in [1.82, 2.24) is 4.90 Å². The van der Waals surface area contributed by atoms with E-state index in [1.165, 1.54) is 0 Å². The quantitative estimate of drug-likeness (QED) is 0.897. The molecule has 3 rings (SSSR count). The molecular formula is C17H24N2O3. The molecule has 0 bridgehead atoms. The molecule has 1 aromatic rings. The molecule has 1 saturated carbocycles. The van der Waals surface area contributed by atoms with Crippen molar-refractivity contribution >= 4 is 5.91 Å². The molecule has 2 N–H and O–H groups in total. The summed E-state index contributed by atoms with van der Waals surface area (Å²) in [5.74, 6) is 1.06. The fourth-order valence-electron chi connectivity index (χ4n) is 3.20. The first-order valence-electron chi connectivity index (χ1n) is 7.99. The van der Waals surface area contributed by atoms with E-state index < -0.39 is 5.91 Å². The van der Waals surface area contributed by atoms with Crippen molar-refractivity contribution < 1.29 is 14.3 Å². The summed E-state index contributed by atoms with van der Waals surface area (Å²) in [5.41, 5.74) is 6.81. The zero-order valence-corrected chi connectivity index (χ0v) is 13.1. The van der Waals surface area contributed by atoms with Gasteiger partial charge in [0, 0.05) is 25.2 Å². The Morgan fingerprint density at radius 2 is 2.09 bits per heavy atom. The maximum absolute atomic E-state index is 11.4. The minimum absolute atomic E-state index is 0.259. The van der Waals surface area contributed by atoms with Gasteiger partial charge in [-0.1, -0.05) is 6.07 Å². The van der Waals surface area contributed by atoms with Crippen LogP contribution in [0.3, 0.4) is 0 Å². The van der Waals surface area contributed by atoms with Gasteiger partial charge in [-0.25, -0.2) is 0 Å². The fourth-order valence-corrected chi connectivity index (χ4v) is 3.20. The first kappa shape index (κ1) is 15.3. The molecule has 1 saturated heterocycles. The molecule has 0 aromatic heterocycles. The third-order valence-electron chi connectivity index (χ3n) is 4.59. The van der Waals surface area contributed by atoms with Gasteiger partial charge >= 0.3 is 0 Å². The van der Waals surface area contributed by atoms with E-state index >= 15 is 0 Å². The molecule has 5 heteroatoms. The lowest BCUT2D eigenvalue weighted by atomic mass is 9.81. The second-order valence-corrected chi connectivity index (χ2v) is 6.33. The number of rotatable bonds is 5. The number of amides is 1. The lowest BCUT2D eigenvalue weighted by Crippen LogP contribution is -2.45. The van der Waals surface area contributed by atoms with Gasteiger partial charge in [0.2, 0.25) is 5.91 Å². The number of carbonyl (C=O) groups excluding carboxylic acids is 1. The Balaban J connectivity index is 1.47. The Morgan fingerprint density at radius 3 is 2.77 bits per heavy atom. The van der Waals surface area contributed by atoms with Crippen LogP contribution in [0.15, 0.2) is 18.2 Å². The Bertz CT molecular complexity index is 535. The van der Waals surface area contributed by atoms with Gasteiger partial charge in [0.1, 0.15) is 5.75 Å². The largest absolute Gasteiger partial charge is 0.490 e. The third kappa shape index (κ3) is 3.59. The highest BCUT2D eigenvalue weighted by Gasteiger charge is 2.32. The molecule has 2 fully saturated rings. The SMILES string of the molecule is Cc1ccc(O[C@H]2C[C@H](CN3CCOCC3)C2)cc1C(N)=O. The van der Waals surface area contributed by atoms with Gasteiger partial charge in [0.15, 0.2) is 0 Å². The molecular weight excluding hydrogens is 280 g/mol. The Hall–Kier alpha value is -1.59. The Labute approximate surface area is 131 Å². The average molecular weight is 304 g/mol. The molecule has 0 radical (unpaired) electrons.